The molecule has 0 aliphatic rings. The lowest BCUT2D eigenvalue weighted by atomic mass is 10.2. The molecule has 0 aliphatic carbocycles. The van der Waals surface area contributed by atoms with Gasteiger partial charge in [-0.2, -0.15) is 5.10 Å². The minimum Gasteiger partial charge on any atom is -0.493 e. The van der Waals surface area contributed by atoms with Crippen LogP contribution in [-0.2, 0) is 9.59 Å². The lowest BCUT2D eigenvalue weighted by Crippen LogP contribution is -2.20. The highest BCUT2D eigenvalue weighted by atomic mass is 79.9. The maximum atomic E-state index is 11.9. The van der Waals surface area contributed by atoms with E-state index in [1.165, 1.54) is 6.21 Å². The average molecular weight is 434 g/mol. The van der Waals surface area contributed by atoms with Gasteiger partial charge in [0.05, 0.1) is 20.4 Å². The molecule has 2 N–H and O–H groups in total. The van der Waals surface area contributed by atoms with Crippen LogP contribution in [0.3, 0.4) is 0 Å². The van der Waals surface area contributed by atoms with Crippen molar-refractivity contribution in [2.75, 3.05) is 19.5 Å². The number of nitrogens with zero attached hydrogens (tertiary/aromatic N) is 1. The van der Waals surface area contributed by atoms with Crippen molar-refractivity contribution < 1.29 is 19.1 Å². The average Bonchev–Trinajstić information content (AvgIpc) is 2.68. The van der Waals surface area contributed by atoms with Crippen LogP contribution in [0.15, 0.2) is 52.0 Å². The molecule has 0 aromatic heterocycles. The van der Waals surface area contributed by atoms with E-state index in [2.05, 4.69) is 31.8 Å². The summed E-state index contributed by atoms with van der Waals surface area (Å²) in [5.74, 6) is 0.585. The van der Waals surface area contributed by atoms with E-state index in [0.29, 0.717) is 17.2 Å². The van der Waals surface area contributed by atoms with Crippen LogP contribution in [0.1, 0.15) is 18.4 Å². The molecule has 27 heavy (non-hydrogen) atoms. The minimum atomic E-state index is -0.349. The van der Waals surface area contributed by atoms with Crippen molar-refractivity contribution in [3.63, 3.8) is 0 Å². The number of carbonyl (C=O) groups is 2. The SMILES string of the molecule is COc1ccc(/C=N/NC(=O)CCC(=O)Nc2ccc(Br)cc2)cc1OC. The number of amides is 2. The topological polar surface area (TPSA) is 89.0 Å². The van der Waals surface area contributed by atoms with Crippen molar-refractivity contribution in [2.24, 2.45) is 5.10 Å². The van der Waals surface area contributed by atoms with Crippen LogP contribution >= 0.6 is 15.9 Å². The van der Waals surface area contributed by atoms with Crippen molar-refractivity contribution in [1.82, 2.24) is 5.43 Å². The van der Waals surface area contributed by atoms with Crippen molar-refractivity contribution >= 4 is 39.6 Å². The smallest absolute Gasteiger partial charge is 0.240 e. The maximum absolute atomic E-state index is 11.9. The third-order valence-electron chi connectivity index (χ3n) is 3.52. The van der Waals surface area contributed by atoms with Gasteiger partial charge >= 0.3 is 0 Å². The van der Waals surface area contributed by atoms with Crippen molar-refractivity contribution in [3.8, 4) is 11.5 Å². The Morgan fingerprint density at radius 3 is 2.33 bits per heavy atom. The molecule has 0 aliphatic heterocycles. The van der Waals surface area contributed by atoms with Crippen molar-refractivity contribution in [3.05, 3.63) is 52.5 Å². The standard InChI is InChI=1S/C19H20BrN3O4/c1-26-16-8-3-13(11-17(16)27-2)12-21-23-19(25)10-9-18(24)22-15-6-4-14(20)5-7-15/h3-8,11-12H,9-10H2,1-2H3,(H,22,24)(H,23,25)/b21-12+. The first kappa shape index (κ1) is 20.4. The summed E-state index contributed by atoms with van der Waals surface area (Å²) in [4.78, 5) is 23.7. The molecule has 0 spiro atoms. The van der Waals surface area contributed by atoms with E-state index < -0.39 is 0 Å². The molecule has 0 radical (unpaired) electrons. The van der Waals surface area contributed by atoms with Gasteiger partial charge in [0.2, 0.25) is 11.8 Å². The zero-order valence-corrected chi connectivity index (χ0v) is 16.6. The first-order valence-electron chi connectivity index (χ1n) is 8.11. The van der Waals surface area contributed by atoms with Crippen LogP contribution < -0.4 is 20.2 Å². The molecule has 142 valence electrons. The highest BCUT2D eigenvalue weighted by molar-refractivity contribution is 9.10. The number of hydrogen-bond donors (Lipinski definition) is 2. The molecule has 0 atom stereocenters. The van der Waals surface area contributed by atoms with E-state index in [9.17, 15) is 9.59 Å². The van der Waals surface area contributed by atoms with Gasteiger partial charge in [0.25, 0.3) is 0 Å². The molecule has 0 bridgehead atoms. The fourth-order valence-electron chi connectivity index (χ4n) is 2.15. The number of methoxy groups -OCH3 is 2. The van der Waals surface area contributed by atoms with Gasteiger partial charge in [-0.3, -0.25) is 9.59 Å². The normalized spacial score (nSPS) is 10.5. The van der Waals surface area contributed by atoms with Crippen LogP contribution in [0.4, 0.5) is 5.69 Å². The number of ether oxygens (including phenoxy) is 2. The molecule has 0 heterocycles. The Labute approximate surface area is 165 Å². The van der Waals surface area contributed by atoms with Gasteiger partial charge in [-0.25, -0.2) is 5.43 Å². The van der Waals surface area contributed by atoms with Crippen LogP contribution in [0.2, 0.25) is 0 Å². The Hall–Kier alpha value is -2.87. The molecule has 2 aromatic carbocycles. The first-order chi connectivity index (χ1) is 13.0. The van der Waals surface area contributed by atoms with E-state index in [0.717, 1.165) is 10.0 Å². The third kappa shape index (κ3) is 6.74. The highest BCUT2D eigenvalue weighted by Gasteiger charge is 2.07. The van der Waals surface area contributed by atoms with E-state index in [4.69, 9.17) is 9.47 Å². The lowest BCUT2D eigenvalue weighted by Gasteiger charge is -2.07. The monoisotopic (exact) mass is 433 g/mol. The molecule has 7 nitrogen and oxygen atoms in total. The van der Waals surface area contributed by atoms with Crippen molar-refractivity contribution in [2.45, 2.75) is 12.8 Å². The summed E-state index contributed by atoms with van der Waals surface area (Å²) in [5, 5.41) is 6.61. The van der Waals surface area contributed by atoms with E-state index in [1.807, 2.05) is 12.1 Å². The fourth-order valence-corrected chi connectivity index (χ4v) is 2.42. The summed E-state index contributed by atoms with van der Waals surface area (Å²) >= 11 is 3.33. The molecule has 0 saturated carbocycles. The van der Waals surface area contributed by atoms with Crippen molar-refractivity contribution in [1.29, 1.82) is 0 Å². The number of benzene rings is 2. The zero-order chi connectivity index (χ0) is 19.6. The summed E-state index contributed by atoms with van der Waals surface area (Å²) in [7, 11) is 3.10. The quantitative estimate of drug-likeness (QED) is 0.493. The molecular formula is C19H20BrN3O4. The number of hydrazone groups is 1. The number of nitrogens with one attached hydrogen (secondary N) is 2. The van der Waals surface area contributed by atoms with Gasteiger partial charge < -0.3 is 14.8 Å². The minimum absolute atomic E-state index is 0.0334. The van der Waals surface area contributed by atoms with Gasteiger partial charge in [-0.15, -0.1) is 0 Å². The number of carbonyl (C=O) groups excluding carboxylic acids is 2. The Balaban J connectivity index is 1.77. The van der Waals surface area contributed by atoms with Crippen LogP contribution in [0, 0.1) is 0 Å². The predicted octanol–water partition coefficient (Wildman–Crippen LogP) is 3.34. The maximum Gasteiger partial charge on any atom is 0.240 e. The summed E-state index contributed by atoms with van der Waals surface area (Å²) in [5.41, 5.74) is 3.81. The summed E-state index contributed by atoms with van der Waals surface area (Å²) in [6.07, 6.45) is 1.58. The molecule has 2 aromatic rings. The number of rotatable bonds is 8. The van der Waals surface area contributed by atoms with E-state index in [1.54, 1.807) is 44.6 Å². The van der Waals surface area contributed by atoms with Gasteiger partial charge in [-0.1, -0.05) is 15.9 Å². The number of anilines is 1. The van der Waals surface area contributed by atoms with Crippen LogP contribution in [0.25, 0.3) is 0 Å². The second-order valence-corrected chi connectivity index (χ2v) is 6.38. The van der Waals surface area contributed by atoms with Gasteiger partial charge in [0, 0.05) is 23.0 Å². The molecule has 0 unspecified atom stereocenters. The van der Waals surface area contributed by atoms with Gasteiger partial charge in [0.1, 0.15) is 0 Å². The second-order valence-electron chi connectivity index (χ2n) is 5.46. The molecule has 2 rings (SSSR count). The largest absolute Gasteiger partial charge is 0.493 e. The van der Waals surface area contributed by atoms with Gasteiger partial charge in [-0.05, 0) is 48.0 Å². The molecular weight excluding hydrogens is 414 g/mol. The molecule has 0 fully saturated rings. The summed E-state index contributed by atoms with van der Waals surface area (Å²) in [6.45, 7) is 0. The Kier molecular flexibility index (Phi) is 7.81. The molecule has 8 heteroatoms. The Bertz CT molecular complexity index is 822. The van der Waals surface area contributed by atoms with Crippen LogP contribution in [0.5, 0.6) is 11.5 Å². The molecule has 0 saturated heterocycles. The third-order valence-corrected chi connectivity index (χ3v) is 4.05. The van der Waals surface area contributed by atoms with E-state index >= 15 is 0 Å². The first-order valence-corrected chi connectivity index (χ1v) is 8.90. The zero-order valence-electron chi connectivity index (χ0n) is 15.0. The summed E-state index contributed by atoms with van der Waals surface area (Å²) in [6, 6.07) is 12.5. The second kappa shape index (κ2) is 10.3. The number of halogens is 1. The Morgan fingerprint density at radius 2 is 1.67 bits per heavy atom. The summed E-state index contributed by atoms with van der Waals surface area (Å²) < 4.78 is 11.3. The molecule has 2 amide bonds. The van der Waals surface area contributed by atoms with Gasteiger partial charge in [0.15, 0.2) is 11.5 Å². The fraction of sp³-hybridized carbons (Fsp3) is 0.211. The van der Waals surface area contributed by atoms with E-state index in [-0.39, 0.29) is 24.7 Å². The highest BCUT2D eigenvalue weighted by Crippen LogP contribution is 2.26. The van der Waals surface area contributed by atoms with Crippen LogP contribution in [-0.4, -0.2) is 32.2 Å². The Morgan fingerprint density at radius 1 is 1.00 bits per heavy atom. The number of hydrogen-bond acceptors (Lipinski definition) is 5. The lowest BCUT2D eigenvalue weighted by molar-refractivity contribution is -0.124. The predicted molar refractivity (Wildman–Crippen MR) is 107 cm³/mol.